The first-order chi connectivity index (χ1) is 10.3. The molecule has 1 aliphatic carbocycles. The minimum atomic E-state index is -3.54. The van der Waals surface area contributed by atoms with Crippen LogP contribution in [0.3, 0.4) is 0 Å². The van der Waals surface area contributed by atoms with E-state index in [1.807, 2.05) is 25.1 Å². The molecule has 1 aromatic rings. The lowest BCUT2D eigenvalue weighted by Gasteiger charge is -2.08. The summed E-state index contributed by atoms with van der Waals surface area (Å²) in [4.78, 5) is 12.3. The fourth-order valence-corrected chi connectivity index (χ4v) is 4.84. The molecule has 0 radical (unpaired) electrons. The number of nitrogens with zero attached hydrogens (tertiary/aromatic N) is 1. The lowest BCUT2D eigenvalue weighted by Crippen LogP contribution is -2.26. The summed E-state index contributed by atoms with van der Waals surface area (Å²) in [6, 6.07) is 9.17. The molecule has 3 unspecified atom stereocenters. The smallest absolute Gasteiger partial charge is 0.328 e. The van der Waals surface area contributed by atoms with Crippen LogP contribution >= 0.6 is 0 Å². The fraction of sp³-hybridized carbons (Fsp3) is 0.500. The molecule has 5 nitrogen and oxygen atoms in total. The van der Waals surface area contributed by atoms with Crippen LogP contribution in [0.2, 0.25) is 0 Å². The van der Waals surface area contributed by atoms with Gasteiger partial charge >= 0.3 is 5.97 Å². The van der Waals surface area contributed by atoms with Crippen molar-refractivity contribution in [3.05, 3.63) is 35.4 Å². The number of rotatable bonds is 5. The molecule has 3 atom stereocenters. The summed E-state index contributed by atoms with van der Waals surface area (Å²) in [6.45, 7) is 5.18. The summed E-state index contributed by atoms with van der Waals surface area (Å²) < 4.78 is 29.7. The van der Waals surface area contributed by atoms with E-state index in [0.29, 0.717) is 5.56 Å². The normalized spacial score (nSPS) is 27.0. The van der Waals surface area contributed by atoms with Crippen LogP contribution in [0.5, 0.6) is 0 Å². The molecule has 0 heterocycles. The highest BCUT2D eigenvalue weighted by Crippen LogP contribution is 2.63. The van der Waals surface area contributed by atoms with Crippen molar-refractivity contribution >= 4 is 15.8 Å². The zero-order valence-electron chi connectivity index (χ0n) is 12.9. The minimum absolute atomic E-state index is 0.108. The first-order valence-corrected chi connectivity index (χ1v) is 8.93. The molecule has 118 valence electrons. The first kappa shape index (κ1) is 16.5. The number of hydrogen-bond acceptors (Lipinski definition) is 5. The summed E-state index contributed by atoms with van der Waals surface area (Å²) >= 11 is 0. The Bertz CT molecular complexity index is 718. The van der Waals surface area contributed by atoms with E-state index < -0.39 is 32.4 Å². The number of nitriles is 1. The average molecular weight is 321 g/mol. The van der Waals surface area contributed by atoms with Crippen molar-refractivity contribution in [2.75, 3.05) is 12.4 Å². The van der Waals surface area contributed by atoms with E-state index in [9.17, 15) is 18.5 Å². The third kappa shape index (κ3) is 2.40. The Morgan fingerprint density at radius 1 is 1.32 bits per heavy atom. The molecular formula is C16H19NO4S. The highest BCUT2D eigenvalue weighted by atomic mass is 32.2. The van der Waals surface area contributed by atoms with Gasteiger partial charge in [0.15, 0.2) is 15.3 Å². The summed E-state index contributed by atoms with van der Waals surface area (Å²) in [6.07, 6.45) is 0. The van der Waals surface area contributed by atoms with Crippen LogP contribution in [-0.2, 0) is 19.4 Å². The standard InChI is InChI=1S/C16H19NO4S/c1-4-21-15(18)16(10-17)13(14(16)22(19,20)5-2)12-8-6-11(3)7-9-12/h6-9,13-14H,4-5H2,1-3H3. The van der Waals surface area contributed by atoms with Gasteiger partial charge in [0, 0.05) is 11.7 Å². The Morgan fingerprint density at radius 3 is 2.36 bits per heavy atom. The maximum absolute atomic E-state index is 12.3. The first-order valence-electron chi connectivity index (χ1n) is 7.21. The lowest BCUT2D eigenvalue weighted by atomic mass is 10.00. The second-order valence-electron chi connectivity index (χ2n) is 5.46. The molecular weight excluding hydrogens is 302 g/mol. The zero-order valence-corrected chi connectivity index (χ0v) is 13.7. The van der Waals surface area contributed by atoms with E-state index >= 15 is 0 Å². The summed E-state index contributed by atoms with van der Waals surface area (Å²) in [5, 5.41) is 8.52. The van der Waals surface area contributed by atoms with E-state index in [4.69, 9.17) is 4.74 Å². The van der Waals surface area contributed by atoms with Crippen molar-refractivity contribution in [1.29, 1.82) is 5.26 Å². The predicted octanol–water partition coefficient (Wildman–Crippen LogP) is 1.97. The third-order valence-electron chi connectivity index (χ3n) is 4.16. The van der Waals surface area contributed by atoms with Gasteiger partial charge in [-0.2, -0.15) is 5.26 Å². The number of carbonyl (C=O) groups is 1. The van der Waals surface area contributed by atoms with E-state index in [-0.39, 0.29) is 12.4 Å². The van der Waals surface area contributed by atoms with Gasteiger partial charge in [-0.3, -0.25) is 4.79 Å². The maximum Gasteiger partial charge on any atom is 0.328 e. The van der Waals surface area contributed by atoms with Gasteiger partial charge in [0.25, 0.3) is 0 Å². The SMILES string of the molecule is CCOC(=O)C1(C#N)C(c2ccc(C)cc2)C1S(=O)(=O)CC. The molecule has 0 bridgehead atoms. The van der Waals surface area contributed by atoms with Gasteiger partial charge in [-0.15, -0.1) is 0 Å². The second kappa shape index (κ2) is 5.73. The molecule has 6 heteroatoms. The van der Waals surface area contributed by atoms with Crippen LogP contribution in [-0.4, -0.2) is 32.0 Å². The molecule has 0 saturated heterocycles. The van der Waals surface area contributed by atoms with Crippen LogP contribution in [0.1, 0.15) is 30.9 Å². The lowest BCUT2D eigenvalue weighted by molar-refractivity contribution is -0.147. The molecule has 1 fully saturated rings. The summed E-state index contributed by atoms with van der Waals surface area (Å²) in [5.41, 5.74) is 0.0836. The Kier molecular flexibility index (Phi) is 4.30. The number of benzene rings is 1. The Balaban J connectivity index is 2.52. The number of aryl methyl sites for hydroxylation is 1. The molecule has 1 aromatic carbocycles. The van der Waals surface area contributed by atoms with Crippen molar-refractivity contribution in [1.82, 2.24) is 0 Å². The van der Waals surface area contributed by atoms with E-state index in [0.717, 1.165) is 5.56 Å². The van der Waals surface area contributed by atoms with Gasteiger partial charge < -0.3 is 4.74 Å². The van der Waals surface area contributed by atoms with Gasteiger partial charge in [0.1, 0.15) is 5.25 Å². The molecule has 0 aliphatic heterocycles. The number of carbonyl (C=O) groups excluding carboxylic acids is 1. The molecule has 1 saturated carbocycles. The zero-order chi connectivity index (χ0) is 16.5. The highest BCUT2D eigenvalue weighted by molar-refractivity contribution is 7.92. The predicted molar refractivity (Wildman–Crippen MR) is 81.8 cm³/mol. The van der Waals surface area contributed by atoms with Crippen molar-refractivity contribution in [2.45, 2.75) is 31.9 Å². The highest BCUT2D eigenvalue weighted by Gasteiger charge is 2.77. The maximum atomic E-state index is 12.3. The average Bonchev–Trinajstić information content (AvgIpc) is 3.20. The molecule has 0 amide bonds. The Labute approximate surface area is 130 Å². The monoisotopic (exact) mass is 321 g/mol. The number of ether oxygens (including phenoxy) is 1. The van der Waals surface area contributed by atoms with Crippen LogP contribution in [0.25, 0.3) is 0 Å². The Hall–Kier alpha value is -1.87. The number of esters is 1. The number of hydrogen-bond donors (Lipinski definition) is 0. The van der Waals surface area contributed by atoms with Crippen LogP contribution in [0, 0.1) is 23.7 Å². The van der Waals surface area contributed by atoms with Crippen LogP contribution < -0.4 is 0 Å². The van der Waals surface area contributed by atoms with E-state index in [1.54, 1.807) is 19.1 Å². The van der Waals surface area contributed by atoms with Gasteiger partial charge in [-0.05, 0) is 19.4 Å². The van der Waals surface area contributed by atoms with Crippen molar-refractivity contribution < 1.29 is 17.9 Å². The van der Waals surface area contributed by atoms with Crippen molar-refractivity contribution in [2.24, 2.45) is 5.41 Å². The summed E-state index contributed by atoms with van der Waals surface area (Å²) in [5.74, 6) is -1.52. The van der Waals surface area contributed by atoms with Crippen molar-refractivity contribution in [3.63, 3.8) is 0 Å². The van der Waals surface area contributed by atoms with Crippen molar-refractivity contribution in [3.8, 4) is 6.07 Å². The van der Waals surface area contributed by atoms with Gasteiger partial charge in [-0.1, -0.05) is 36.8 Å². The van der Waals surface area contributed by atoms with E-state index in [1.165, 1.54) is 6.92 Å². The molecule has 0 aromatic heterocycles. The second-order valence-corrected chi connectivity index (χ2v) is 7.87. The molecule has 2 rings (SSSR count). The topological polar surface area (TPSA) is 84.2 Å². The molecule has 0 spiro atoms. The molecule has 1 aliphatic rings. The Morgan fingerprint density at radius 2 is 1.91 bits per heavy atom. The summed E-state index contributed by atoms with van der Waals surface area (Å²) in [7, 11) is -3.54. The fourth-order valence-electron chi connectivity index (χ4n) is 2.91. The molecule has 0 N–H and O–H groups in total. The van der Waals surface area contributed by atoms with Crippen LogP contribution in [0.4, 0.5) is 0 Å². The van der Waals surface area contributed by atoms with Gasteiger partial charge in [-0.25, -0.2) is 8.42 Å². The number of sulfone groups is 1. The van der Waals surface area contributed by atoms with Crippen LogP contribution in [0.15, 0.2) is 24.3 Å². The van der Waals surface area contributed by atoms with E-state index in [2.05, 4.69) is 0 Å². The third-order valence-corrected chi connectivity index (χ3v) is 6.38. The van der Waals surface area contributed by atoms with Gasteiger partial charge in [0.05, 0.1) is 12.7 Å². The minimum Gasteiger partial charge on any atom is -0.465 e. The quantitative estimate of drug-likeness (QED) is 0.774. The molecule has 22 heavy (non-hydrogen) atoms. The van der Waals surface area contributed by atoms with Gasteiger partial charge in [0.2, 0.25) is 0 Å². The largest absolute Gasteiger partial charge is 0.465 e.